The molecule has 0 spiro atoms. The molecule has 0 bridgehead atoms. The molecule has 0 aromatic carbocycles. The first-order valence-corrected chi connectivity index (χ1v) is 9.10. The molecular formula is C18H38N2O2. The fourth-order valence-electron chi connectivity index (χ4n) is 2.51. The molecule has 0 heterocycles. The summed E-state index contributed by atoms with van der Waals surface area (Å²) in [6, 6.07) is -1.00. The van der Waals surface area contributed by atoms with Crippen LogP contribution in [0.1, 0.15) is 77.6 Å². The zero-order valence-electron chi connectivity index (χ0n) is 14.4. The molecule has 0 saturated carbocycles. The van der Waals surface area contributed by atoms with Crippen molar-refractivity contribution in [3.05, 3.63) is 12.2 Å². The van der Waals surface area contributed by atoms with Crippen molar-refractivity contribution in [3.63, 3.8) is 0 Å². The lowest BCUT2D eigenvalue weighted by Gasteiger charge is -2.20. The van der Waals surface area contributed by atoms with Crippen LogP contribution in [0.5, 0.6) is 0 Å². The lowest BCUT2D eigenvalue weighted by Crippen LogP contribution is -2.49. The number of unbranched alkanes of at least 4 members (excludes halogenated alkanes) is 10. The minimum absolute atomic E-state index is 0.346. The second-order valence-electron chi connectivity index (χ2n) is 6.30. The minimum Gasteiger partial charge on any atom is -0.394 e. The van der Waals surface area contributed by atoms with E-state index < -0.39 is 18.2 Å². The summed E-state index contributed by atoms with van der Waals surface area (Å²) in [4.78, 5) is 0. The Morgan fingerprint density at radius 3 is 1.86 bits per heavy atom. The van der Waals surface area contributed by atoms with Gasteiger partial charge in [0.1, 0.15) is 0 Å². The number of nitrogens with two attached hydrogens (primary N) is 2. The lowest BCUT2D eigenvalue weighted by atomic mass is 10.0. The Balaban J connectivity index is 3.40. The lowest BCUT2D eigenvalue weighted by molar-refractivity contribution is 0.0709. The van der Waals surface area contributed by atoms with Gasteiger partial charge in [-0.1, -0.05) is 76.9 Å². The van der Waals surface area contributed by atoms with E-state index in [-0.39, 0.29) is 6.61 Å². The Bertz CT molecular complexity index is 259. The first kappa shape index (κ1) is 21.6. The van der Waals surface area contributed by atoms with Gasteiger partial charge >= 0.3 is 0 Å². The molecule has 132 valence electrons. The second kappa shape index (κ2) is 15.5. The molecule has 0 fully saturated rings. The van der Waals surface area contributed by atoms with E-state index in [4.69, 9.17) is 16.6 Å². The van der Waals surface area contributed by atoms with Crippen molar-refractivity contribution in [1.29, 1.82) is 0 Å². The maximum absolute atomic E-state index is 9.40. The van der Waals surface area contributed by atoms with Gasteiger partial charge in [-0.15, -0.1) is 0 Å². The van der Waals surface area contributed by atoms with Crippen LogP contribution in [-0.2, 0) is 0 Å². The van der Waals surface area contributed by atoms with Gasteiger partial charge in [-0.05, 0) is 12.8 Å². The first-order chi connectivity index (χ1) is 10.6. The van der Waals surface area contributed by atoms with Crippen LogP contribution in [-0.4, -0.2) is 35.0 Å². The third-order valence-corrected chi connectivity index (χ3v) is 4.16. The van der Waals surface area contributed by atoms with Gasteiger partial charge in [-0.3, -0.25) is 0 Å². The van der Waals surface area contributed by atoms with Gasteiger partial charge in [0.05, 0.1) is 18.8 Å². The summed E-state index contributed by atoms with van der Waals surface area (Å²) in [5.74, 6) is 0. The molecule has 0 aliphatic rings. The Kier molecular flexibility index (Phi) is 15.2. The Hall–Kier alpha value is -0.420. The van der Waals surface area contributed by atoms with Crippen LogP contribution >= 0.6 is 0 Å². The van der Waals surface area contributed by atoms with Crippen molar-refractivity contribution in [2.45, 2.75) is 95.7 Å². The topological polar surface area (TPSA) is 92.5 Å². The van der Waals surface area contributed by atoms with Crippen LogP contribution in [0.25, 0.3) is 0 Å². The van der Waals surface area contributed by atoms with Crippen LogP contribution in [0.4, 0.5) is 0 Å². The van der Waals surface area contributed by atoms with E-state index in [2.05, 4.69) is 6.92 Å². The molecule has 0 radical (unpaired) electrons. The zero-order valence-corrected chi connectivity index (χ0v) is 14.4. The summed E-state index contributed by atoms with van der Waals surface area (Å²) in [5, 5.41) is 18.2. The van der Waals surface area contributed by atoms with Crippen molar-refractivity contribution in [1.82, 2.24) is 0 Å². The van der Waals surface area contributed by atoms with Gasteiger partial charge in [0.2, 0.25) is 0 Å². The first-order valence-electron chi connectivity index (χ1n) is 9.10. The van der Waals surface area contributed by atoms with E-state index in [1.54, 1.807) is 0 Å². The average molecular weight is 315 g/mol. The van der Waals surface area contributed by atoms with Gasteiger partial charge in [0.25, 0.3) is 0 Å². The molecule has 4 nitrogen and oxygen atoms in total. The molecule has 4 heteroatoms. The van der Waals surface area contributed by atoms with Crippen LogP contribution in [0.2, 0.25) is 0 Å². The molecular weight excluding hydrogens is 276 g/mol. The van der Waals surface area contributed by atoms with Crippen LogP contribution < -0.4 is 11.5 Å². The number of aliphatic hydroxyl groups excluding tert-OH is 2. The van der Waals surface area contributed by atoms with Gasteiger partial charge < -0.3 is 21.7 Å². The molecule has 0 aliphatic carbocycles. The molecule has 22 heavy (non-hydrogen) atoms. The number of rotatable bonds is 15. The van der Waals surface area contributed by atoms with E-state index >= 15 is 0 Å². The maximum Gasteiger partial charge on any atom is 0.0939 e. The molecule has 0 aromatic heterocycles. The predicted octanol–water partition coefficient (Wildman–Crippen LogP) is 2.86. The summed E-state index contributed by atoms with van der Waals surface area (Å²) in [6.07, 6.45) is 17.3. The highest BCUT2D eigenvalue weighted by Crippen LogP contribution is 2.11. The van der Waals surface area contributed by atoms with Crippen molar-refractivity contribution in [2.75, 3.05) is 6.61 Å². The van der Waals surface area contributed by atoms with E-state index in [9.17, 15) is 5.11 Å². The number of allylic oxidation sites excluding steroid dienone is 1. The van der Waals surface area contributed by atoms with Crippen LogP contribution in [0, 0.1) is 0 Å². The zero-order chi connectivity index (χ0) is 16.6. The molecule has 0 aliphatic heterocycles. The highest BCUT2D eigenvalue weighted by Gasteiger charge is 2.18. The van der Waals surface area contributed by atoms with Gasteiger partial charge in [0, 0.05) is 6.04 Å². The largest absolute Gasteiger partial charge is 0.394 e. The van der Waals surface area contributed by atoms with Gasteiger partial charge in [-0.2, -0.15) is 0 Å². The Labute approximate surface area is 137 Å². The number of hydrogen-bond donors (Lipinski definition) is 4. The molecule has 0 rings (SSSR count). The van der Waals surface area contributed by atoms with E-state index in [0.29, 0.717) is 0 Å². The van der Waals surface area contributed by atoms with Crippen molar-refractivity contribution in [3.8, 4) is 0 Å². The number of aliphatic hydroxyl groups is 2. The Morgan fingerprint density at radius 1 is 0.864 bits per heavy atom. The molecule has 0 amide bonds. The monoisotopic (exact) mass is 314 g/mol. The summed E-state index contributed by atoms with van der Waals surface area (Å²) < 4.78 is 0. The molecule has 0 unspecified atom stereocenters. The van der Waals surface area contributed by atoms with Crippen molar-refractivity contribution in [2.24, 2.45) is 11.5 Å². The quantitative estimate of drug-likeness (QED) is 0.276. The predicted molar refractivity (Wildman–Crippen MR) is 94.6 cm³/mol. The molecule has 0 saturated heterocycles. The standard InChI is InChI=1S/C18H38N2O2/c1-2-3-4-5-6-7-8-9-10-11-12-13-14-16(19)18(20)17(22)15-21/h13-14,16-18,21-22H,2-12,15,19-20H2,1H3/b14-13+/t16-,17-,18-/m1/s1. The van der Waals surface area contributed by atoms with Gasteiger partial charge in [0.15, 0.2) is 0 Å². The fraction of sp³-hybridized carbons (Fsp3) is 0.889. The molecule has 6 N–H and O–H groups in total. The van der Waals surface area contributed by atoms with Crippen LogP contribution in [0.3, 0.4) is 0 Å². The van der Waals surface area contributed by atoms with Crippen LogP contribution in [0.15, 0.2) is 12.2 Å². The smallest absolute Gasteiger partial charge is 0.0939 e. The van der Waals surface area contributed by atoms with E-state index in [1.807, 2.05) is 12.2 Å². The summed E-state index contributed by atoms with van der Waals surface area (Å²) in [6.45, 7) is 1.91. The fourth-order valence-corrected chi connectivity index (χ4v) is 2.51. The van der Waals surface area contributed by atoms with Gasteiger partial charge in [-0.25, -0.2) is 0 Å². The summed E-state index contributed by atoms with van der Waals surface area (Å²) in [5.41, 5.74) is 11.6. The minimum atomic E-state index is -0.947. The van der Waals surface area contributed by atoms with E-state index in [1.165, 1.54) is 64.2 Å². The normalized spacial score (nSPS) is 16.0. The Morgan fingerprint density at radius 2 is 1.36 bits per heavy atom. The third kappa shape index (κ3) is 12.2. The van der Waals surface area contributed by atoms with Crippen molar-refractivity contribution < 1.29 is 10.2 Å². The second-order valence-corrected chi connectivity index (χ2v) is 6.30. The maximum atomic E-state index is 9.40. The van der Waals surface area contributed by atoms with Crippen molar-refractivity contribution >= 4 is 0 Å². The molecule has 3 atom stereocenters. The van der Waals surface area contributed by atoms with E-state index in [0.717, 1.165) is 6.42 Å². The molecule has 0 aromatic rings. The third-order valence-electron chi connectivity index (χ3n) is 4.16. The SMILES string of the molecule is CCCCCCCCCCCC/C=C/[C@@H](N)[C@@H](N)[C@H](O)CO. The highest BCUT2D eigenvalue weighted by molar-refractivity contribution is 4.99. The summed E-state index contributed by atoms with van der Waals surface area (Å²) >= 11 is 0. The average Bonchev–Trinajstić information content (AvgIpc) is 2.54. The number of hydrogen-bond acceptors (Lipinski definition) is 4. The summed E-state index contributed by atoms with van der Waals surface area (Å²) in [7, 11) is 0. The highest BCUT2D eigenvalue weighted by atomic mass is 16.3.